The summed E-state index contributed by atoms with van der Waals surface area (Å²) in [6.45, 7) is 6.55. The van der Waals surface area contributed by atoms with Crippen LogP contribution in [0.1, 0.15) is 30.9 Å². The molecule has 1 saturated heterocycles. The van der Waals surface area contributed by atoms with Gasteiger partial charge in [-0.15, -0.1) is 0 Å². The Morgan fingerprint density at radius 3 is 2.50 bits per heavy atom. The molecule has 3 nitrogen and oxygen atoms in total. The maximum Gasteiger partial charge on any atom is 0.152 e. The molecule has 4 heteroatoms. The van der Waals surface area contributed by atoms with Gasteiger partial charge in [-0.3, -0.25) is 4.90 Å². The van der Waals surface area contributed by atoms with Crippen LogP contribution in [0.5, 0.6) is 0 Å². The van der Waals surface area contributed by atoms with Gasteiger partial charge in [-0.2, -0.15) is 0 Å². The highest BCUT2D eigenvalue weighted by Gasteiger charge is 2.21. The van der Waals surface area contributed by atoms with Gasteiger partial charge in [0.2, 0.25) is 0 Å². The number of hydrogen-bond donors (Lipinski definition) is 0. The SMILES string of the molecule is CC(C)c1cccc(CN2CCS(=O)(=O)CC2)c1. The standard InChI is InChI=1S/C14H21NO2S/c1-12(2)14-5-3-4-13(10-14)11-15-6-8-18(16,17)9-7-15/h3-5,10,12H,6-9,11H2,1-2H3. The van der Waals surface area contributed by atoms with E-state index in [2.05, 4.69) is 43.0 Å². The van der Waals surface area contributed by atoms with E-state index in [0.717, 1.165) is 6.54 Å². The zero-order valence-corrected chi connectivity index (χ0v) is 11.9. The minimum Gasteiger partial charge on any atom is -0.297 e. The van der Waals surface area contributed by atoms with E-state index < -0.39 is 9.84 Å². The van der Waals surface area contributed by atoms with Crippen molar-refractivity contribution in [1.29, 1.82) is 0 Å². The van der Waals surface area contributed by atoms with E-state index in [9.17, 15) is 8.42 Å². The van der Waals surface area contributed by atoms with Crippen molar-refractivity contribution in [2.45, 2.75) is 26.3 Å². The van der Waals surface area contributed by atoms with Gasteiger partial charge in [0, 0.05) is 19.6 Å². The minimum atomic E-state index is -2.77. The Morgan fingerprint density at radius 2 is 1.89 bits per heavy atom. The second-order valence-corrected chi connectivity index (χ2v) is 7.63. The molecule has 0 bridgehead atoms. The lowest BCUT2D eigenvalue weighted by Gasteiger charge is -2.26. The Hall–Kier alpha value is -0.870. The summed E-state index contributed by atoms with van der Waals surface area (Å²) in [6.07, 6.45) is 0. The van der Waals surface area contributed by atoms with Crippen molar-refractivity contribution in [3.63, 3.8) is 0 Å². The van der Waals surface area contributed by atoms with Crippen LogP contribution < -0.4 is 0 Å². The molecule has 0 N–H and O–H groups in total. The quantitative estimate of drug-likeness (QED) is 0.841. The molecule has 0 radical (unpaired) electrons. The van der Waals surface area contributed by atoms with Crippen molar-refractivity contribution in [3.05, 3.63) is 35.4 Å². The fraction of sp³-hybridized carbons (Fsp3) is 0.571. The lowest BCUT2D eigenvalue weighted by Crippen LogP contribution is -2.39. The van der Waals surface area contributed by atoms with E-state index in [0.29, 0.717) is 30.5 Å². The largest absolute Gasteiger partial charge is 0.297 e. The van der Waals surface area contributed by atoms with Gasteiger partial charge in [0.25, 0.3) is 0 Å². The van der Waals surface area contributed by atoms with Gasteiger partial charge in [-0.25, -0.2) is 8.42 Å². The van der Waals surface area contributed by atoms with Gasteiger partial charge in [-0.05, 0) is 17.0 Å². The van der Waals surface area contributed by atoms with E-state index in [4.69, 9.17) is 0 Å². The van der Waals surface area contributed by atoms with Crippen LogP contribution in [0.2, 0.25) is 0 Å². The first kappa shape index (κ1) is 13.6. The van der Waals surface area contributed by atoms with Gasteiger partial charge in [-0.1, -0.05) is 38.1 Å². The Balaban J connectivity index is 2.00. The topological polar surface area (TPSA) is 37.4 Å². The molecule has 0 unspecified atom stereocenters. The maximum atomic E-state index is 11.4. The van der Waals surface area contributed by atoms with E-state index in [-0.39, 0.29) is 0 Å². The molecule has 0 saturated carbocycles. The number of rotatable bonds is 3. The van der Waals surface area contributed by atoms with Crippen molar-refractivity contribution in [3.8, 4) is 0 Å². The van der Waals surface area contributed by atoms with Crippen LogP contribution in [0.25, 0.3) is 0 Å². The molecule has 100 valence electrons. The molecule has 1 aliphatic heterocycles. The normalized spacial score (nSPS) is 20.2. The van der Waals surface area contributed by atoms with Crippen molar-refractivity contribution < 1.29 is 8.42 Å². The highest BCUT2D eigenvalue weighted by atomic mass is 32.2. The summed E-state index contributed by atoms with van der Waals surface area (Å²) in [4.78, 5) is 2.22. The molecule has 2 rings (SSSR count). The predicted molar refractivity (Wildman–Crippen MR) is 74.5 cm³/mol. The summed E-state index contributed by atoms with van der Waals surface area (Å²) >= 11 is 0. The molecule has 18 heavy (non-hydrogen) atoms. The first-order valence-electron chi connectivity index (χ1n) is 6.48. The summed E-state index contributed by atoms with van der Waals surface area (Å²) in [7, 11) is -2.77. The highest BCUT2D eigenvalue weighted by molar-refractivity contribution is 7.91. The highest BCUT2D eigenvalue weighted by Crippen LogP contribution is 2.17. The van der Waals surface area contributed by atoms with E-state index in [1.165, 1.54) is 11.1 Å². The molecule has 1 aliphatic rings. The smallest absolute Gasteiger partial charge is 0.152 e. The number of sulfone groups is 1. The van der Waals surface area contributed by atoms with Crippen LogP contribution >= 0.6 is 0 Å². The summed E-state index contributed by atoms with van der Waals surface area (Å²) in [5, 5.41) is 0. The molecule has 1 heterocycles. The third-order valence-corrected chi connectivity index (χ3v) is 5.07. The predicted octanol–water partition coefficient (Wildman–Crippen LogP) is 2.04. The zero-order chi connectivity index (χ0) is 13.2. The fourth-order valence-corrected chi connectivity index (χ4v) is 3.49. The molecule has 0 atom stereocenters. The molecular formula is C14H21NO2S. The van der Waals surface area contributed by atoms with Crippen molar-refractivity contribution >= 4 is 9.84 Å². The molecule has 0 aromatic heterocycles. The lowest BCUT2D eigenvalue weighted by atomic mass is 10.0. The average molecular weight is 267 g/mol. The minimum absolute atomic E-state index is 0.302. The third kappa shape index (κ3) is 3.56. The zero-order valence-electron chi connectivity index (χ0n) is 11.1. The van der Waals surface area contributed by atoms with Crippen molar-refractivity contribution in [2.24, 2.45) is 0 Å². The molecule has 1 aromatic carbocycles. The van der Waals surface area contributed by atoms with E-state index >= 15 is 0 Å². The Morgan fingerprint density at radius 1 is 1.22 bits per heavy atom. The van der Waals surface area contributed by atoms with Crippen molar-refractivity contribution in [2.75, 3.05) is 24.6 Å². The number of hydrogen-bond acceptors (Lipinski definition) is 3. The Kier molecular flexibility index (Phi) is 4.07. The first-order valence-corrected chi connectivity index (χ1v) is 8.30. The van der Waals surface area contributed by atoms with E-state index in [1.807, 2.05) is 0 Å². The van der Waals surface area contributed by atoms with Crippen LogP contribution in [0.4, 0.5) is 0 Å². The van der Waals surface area contributed by atoms with Crippen LogP contribution in [0.3, 0.4) is 0 Å². The summed E-state index contributed by atoms with van der Waals surface area (Å²) in [5.41, 5.74) is 2.62. The number of nitrogens with zero attached hydrogens (tertiary/aromatic N) is 1. The number of benzene rings is 1. The fourth-order valence-electron chi connectivity index (χ4n) is 2.22. The van der Waals surface area contributed by atoms with Gasteiger partial charge < -0.3 is 0 Å². The van der Waals surface area contributed by atoms with Crippen molar-refractivity contribution in [1.82, 2.24) is 4.90 Å². The molecule has 0 amide bonds. The average Bonchev–Trinajstić information content (AvgIpc) is 2.32. The first-order chi connectivity index (χ1) is 8.46. The lowest BCUT2D eigenvalue weighted by molar-refractivity contribution is 0.287. The second-order valence-electron chi connectivity index (χ2n) is 5.33. The monoisotopic (exact) mass is 267 g/mol. The molecular weight excluding hydrogens is 246 g/mol. The Labute approximate surface area is 110 Å². The second kappa shape index (κ2) is 5.41. The van der Waals surface area contributed by atoms with Gasteiger partial charge >= 0.3 is 0 Å². The van der Waals surface area contributed by atoms with Gasteiger partial charge in [0.05, 0.1) is 11.5 Å². The molecule has 1 aromatic rings. The Bertz CT molecular complexity index is 494. The van der Waals surface area contributed by atoms with Crippen LogP contribution in [0.15, 0.2) is 24.3 Å². The van der Waals surface area contributed by atoms with Crippen LogP contribution in [-0.4, -0.2) is 37.9 Å². The molecule has 1 fully saturated rings. The van der Waals surface area contributed by atoms with Crippen LogP contribution in [0, 0.1) is 0 Å². The maximum absolute atomic E-state index is 11.4. The van der Waals surface area contributed by atoms with Gasteiger partial charge in [0.1, 0.15) is 0 Å². The summed E-state index contributed by atoms with van der Waals surface area (Å²) < 4.78 is 22.7. The molecule has 0 spiro atoms. The van der Waals surface area contributed by atoms with Gasteiger partial charge in [0.15, 0.2) is 9.84 Å². The van der Waals surface area contributed by atoms with E-state index in [1.54, 1.807) is 0 Å². The van der Waals surface area contributed by atoms with Crippen LogP contribution in [-0.2, 0) is 16.4 Å². The summed E-state index contributed by atoms with van der Waals surface area (Å²) in [5.74, 6) is 1.14. The molecule has 0 aliphatic carbocycles. The summed E-state index contributed by atoms with van der Waals surface area (Å²) in [6, 6.07) is 8.59. The third-order valence-electron chi connectivity index (χ3n) is 3.46.